The molecule has 6 heteroatoms. The molecular weight excluding hydrogens is 667 g/mol. The Morgan fingerprint density at radius 1 is 0.472 bits per heavy atom. The second-order valence-corrected chi connectivity index (χ2v) is 14.6. The minimum absolute atomic E-state index is 0.632. The van der Waals surface area contributed by atoms with Gasteiger partial charge < -0.3 is 4.57 Å². The first-order chi connectivity index (χ1) is 26.3. The Hall–Kier alpha value is -6.89. The highest BCUT2D eigenvalue weighted by Gasteiger charge is 2.24. The molecule has 0 fully saturated rings. The van der Waals surface area contributed by atoms with Crippen molar-refractivity contribution in [1.29, 1.82) is 0 Å². The molecule has 0 bridgehead atoms. The van der Waals surface area contributed by atoms with Crippen LogP contribution in [0, 0.1) is 0 Å². The quantitative estimate of drug-likeness (QED) is 0.185. The fourth-order valence-corrected chi connectivity index (χ4v) is 9.81. The standard InChI is InChI=1S/C47H27N5S/c1-2-13-29(14-3-1)51-37-21-10-7-15-30(37)35-27-28(24-25-38(35)51)43-33-18-6-9-20-36(33)49-47(50-43)52-39-22-12-26-48-44(39)42-32-17-5-4-16-31(32)41-34-19-8-11-23-40(34)53-46(41)45(42)52/h1-27H. The summed E-state index contributed by atoms with van der Waals surface area (Å²) in [5.74, 6) is 0.632. The molecule has 0 N–H and O–H groups in total. The van der Waals surface area contributed by atoms with Crippen LogP contribution >= 0.6 is 11.3 Å². The number of para-hydroxylation sites is 3. The molecule has 0 unspecified atom stereocenters. The molecule has 0 aliphatic heterocycles. The zero-order chi connectivity index (χ0) is 34.6. The van der Waals surface area contributed by atoms with Gasteiger partial charge in [0.2, 0.25) is 5.95 Å². The van der Waals surface area contributed by atoms with E-state index >= 15 is 0 Å². The maximum absolute atomic E-state index is 5.53. The molecule has 5 aromatic heterocycles. The summed E-state index contributed by atoms with van der Waals surface area (Å²) < 4.78 is 7.08. The van der Waals surface area contributed by atoms with Crippen LogP contribution in [0.4, 0.5) is 0 Å². The summed E-state index contributed by atoms with van der Waals surface area (Å²) in [6.07, 6.45) is 1.89. The third-order valence-corrected chi connectivity index (χ3v) is 11.9. The Labute approximate surface area is 306 Å². The first-order valence-electron chi connectivity index (χ1n) is 17.8. The van der Waals surface area contributed by atoms with Crippen molar-refractivity contribution in [3.8, 4) is 22.9 Å². The van der Waals surface area contributed by atoms with Crippen LogP contribution in [-0.2, 0) is 0 Å². The Bertz CT molecular complexity index is 3460. The Kier molecular flexibility index (Phi) is 5.87. The summed E-state index contributed by atoms with van der Waals surface area (Å²) in [7, 11) is 0. The molecule has 0 aliphatic carbocycles. The van der Waals surface area contributed by atoms with Gasteiger partial charge >= 0.3 is 0 Å². The third-order valence-electron chi connectivity index (χ3n) is 10.8. The summed E-state index contributed by atoms with van der Waals surface area (Å²) >= 11 is 1.83. The van der Waals surface area contributed by atoms with E-state index in [1.165, 1.54) is 47.2 Å². The van der Waals surface area contributed by atoms with E-state index in [4.69, 9.17) is 15.0 Å². The van der Waals surface area contributed by atoms with Crippen molar-refractivity contribution in [3.05, 3.63) is 164 Å². The Morgan fingerprint density at radius 3 is 2.02 bits per heavy atom. The van der Waals surface area contributed by atoms with E-state index in [2.05, 4.69) is 161 Å². The van der Waals surface area contributed by atoms with Crippen LogP contribution in [0.5, 0.6) is 0 Å². The van der Waals surface area contributed by atoms with Crippen molar-refractivity contribution >= 4 is 96.9 Å². The molecule has 0 amide bonds. The van der Waals surface area contributed by atoms with Gasteiger partial charge in [-0.05, 0) is 65.4 Å². The van der Waals surface area contributed by atoms with Crippen molar-refractivity contribution in [2.75, 3.05) is 0 Å². The Morgan fingerprint density at radius 2 is 1.15 bits per heavy atom. The SMILES string of the molecule is c1ccc(-n2c3ccccc3c3cc(-c4nc(-n5c6cccnc6c6c7ccccc7c7c8ccccc8sc7c65)nc5ccccc45)ccc32)cc1. The zero-order valence-corrected chi connectivity index (χ0v) is 29.0. The van der Waals surface area contributed by atoms with E-state index < -0.39 is 0 Å². The van der Waals surface area contributed by atoms with E-state index in [1.54, 1.807) is 0 Å². The summed E-state index contributed by atoms with van der Waals surface area (Å²) in [6, 6.07) is 56.0. The summed E-state index contributed by atoms with van der Waals surface area (Å²) in [5, 5.41) is 9.48. The van der Waals surface area contributed by atoms with E-state index in [-0.39, 0.29) is 0 Å². The van der Waals surface area contributed by atoms with E-state index in [0.29, 0.717) is 5.95 Å². The number of thiophene rings is 1. The van der Waals surface area contributed by atoms with Crippen LogP contribution in [-0.4, -0.2) is 24.1 Å². The molecule has 7 aromatic carbocycles. The summed E-state index contributed by atoms with van der Waals surface area (Å²) in [6.45, 7) is 0. The number of hydrogen-bond acceptors (Lipinski definition) is 4. The van der Waals surface area contributed by atoms with Gasteiger partial charge in [-0.2, -0.15) is 0 Å². The predicted molar refractivity (Wildman–Crippen MR) is 222 cm³/mol. The number of rotatable bonds is 3. The highest BCUT2D eigenvalue weighted by atomic mass is 32.1. The largest absolute Gasteiger partial charge is 0.309 e. The third kappa shape index (κ3) is 3.98. The number of benzene rings is 7. The fourth-order valence-electron chi connectivity index (χ4n) is 8.55. The van der Waals surface area contributed by atoms with Crippen LogP contribution < -0.4 is 0 Å². The average Bonchev–Trinajstić information content (AvgIpc) is 3.89. The van der Waals surface area contributed by atoms with Crippen LogP contribution in [0.25, 0.3) is 108 Å². The monoisotopic (exact) mass is 693 g/mol. The van der Waals surface area contributed by atoms with Gasteiger partial charge in [-0.1, -0.05) is 103 Å². The fraction of sp³-hybridized carbons (Fsp3) is 0. The number of fused-ring (bicyclic) bond motifs is 14. The highest BCUT2D eigenvalue weighted by molar-refractivity contribution is 7.27. The normalized spacial score (nSPS) is 12.2. The van der Waals surface area contributed by atoms with Crippen molar-refractivity contribution in [1.82, 2.24) is 24.1 Å². The zero-order valence-electron chi connectivity index (χ0n) is 28.2. The molecule has 53 heavy (non-hydrogen) atoms. The lowest BCUT2D eigenvalue weighted by Crippen LogP contribution is -2.03. The Balaban J connectivity index is 1.20. The second kappa shape index (κ2) is 10.8. The van der Waals surface area contributed by atoms with Gasteiger partial charge in [0.25, 0.3) is 0 Å². The smallest absolute Gasteiger partial charge is 0.235 e. The van der Waals surface area contributed by atoms with Crippen LogP contribution in [0.3, 0.4) is 0 Å². The highest BCUT2D eigenvalue weighted by Crippen LogP contribution is 2.47. The topological polar surface area (TPSA) is 48.5 Å². The molecule has 5 heterocycles. The second-order valence-electron chi connectivity index (χ2n) is 13.6. The van der Waals surface area contributed by atoms with Gasteiger partial charge in [0, 0.05) is 54.5 Å². The lowest BCUT2D eigenvalue weighted by molar-refractivity contribution is 1.02. The molecule has 0 spiro atoms. The summed E-state index contributed by atoms with van der Waals surface area (Å²) in [4.78, 5) is 15.9. The van der Waals surface area contributed by atoms with Crippen molar-refractivity contribution < 1.29 is 0 Å². The molecule has 5 nitrogen and oxygen atoms in total. The molecule has 0 aliphatic rings. The maximum atomic E-state index is 5.53. The van der Waals surface area contributed by atoms with E-state index in [0.717, 1.165) is 55.3 Å². The molecule has 0 atom stereocenters. The van der Waals surface area contributed by atoms with Crippen LogP contribution in [0.1, 0.15) is 0 Å². The van der Waals surface area contributed by atoms with E-state index in [1.807, 2.05) is 23.6 Å². The maximum Gasteiger partial charge on any atom is 0.235 e. The lowest BCUT2D eigenvalue weighted by atomic mass is 10.00. The minimum Gasteiger partial charge on any atom is -0.309 e. The molecule has 12 rings (SSSR count). The number of pyridine rings is 1. The summed E-state index contributed by atoms with van der Waals surface area (Å²) in [5.41, 5.74) is 9.35. The van der Waals surface area contributed by atoms with E-state index in [9.17, 15) is 0 Å². The van der Waals surface area contributed by atoms with Gasteiger partial charge in [0.1, 0.15) is 0 Å². The van der Waals surface area contributed by atoms with Gasteiger partial charge in [-0.25, -0.2) is 9.97 Å². The molecule has 246 valence electrons. The molecule has 12 aromatic rings. The predicted octanol–water partition coefficient (Wildman–Crippen LogP) is 12.4. The molecular formula is C47H27N5S. The van der Waals surface area contributed by atoms with Crippen molar-refractivity contribution in [3.63, 3.8) is 0 Å². The minimum atomic E-state index is 0.632. The molecule has 0 saturated carbocycles. The van der Waals surface area contributed by atoms with Crippen LogP contribution in [0.2, 0.25) is 0 Å². The van der Waals surface area contributed by atoms with Crippen molar-refractivity contribution in [2.45, 2.75) is 0 Å². The number of nitrogens with zero attached hydrogens (tertiary/aromatic N) is 5. The first kappa shape index (κ1) is 28.8. The first-order valence-corrected chi connectivity index (χ1v) is 18.6. The average molecular weight is 694 g/mol. The van der Waals surface area contributed by atoms with Crippen molar-refractivity contribution in [2.24, 2.45) is 0 Å². The number of aromatic nitrogens is 5. The van der Waals surface area contributed by atoms with Gasteiger partial charge in [-0.15, -0.1) is 11.3 Å². The van der Waals surface area contributed by atoms with Gasteiger partial charge in [0.15, 0.2) is 0 Å². The molecule has 0 radical (unpaired) electrons. The lowest BCUT2D eigenvalue weighted by Gasteiger charge is -2.13. The van der Waals surface area contributed by atoms with Gasteiger partial charge in [0.05, 0.1) is 43.5 Å². The van der Waals surface area contributed by atoms with Gasteiger partial charge in [-0.3, -0.25) is 9.55 Å². The molecule has 0 saturated heterocycles. The number of hydrogen-bond donors (Lipinski definition) is 0. The van der Waals surface area contributed by atoms with Crippen LogP contribution in [0.15, 0.2) is 164 Å².